The molecule has 0 atom stereocenters. The van der Waals surface area contributed by atoms with Gasteiger partial charge in [0.25, 0.3) is 0 Å². The lowest BCUT2D eigenvalue weighted by molar-refractivity contribution is 0.483. The maximum Gasteiger partial charge on any atom is 0.146 e. The summed E-state index contributed by atoms with van der Waals surface area (Å²) in [6.45, 7) is 0. The smallest absolute Gasteiger partial charge is 0.146 e. The third kappa shape index (κ3) is 2.36. The van der Waals surface area contributed by atoms with Crippen molar-refractivity contribution in [1.29, 1.82) is 0 Å². The summed E-state index contributed by atoms with van der Waals surface area (Å²) in [5.41, 5.74) is 0.825. The van der Waals surface area contributed by atoms with Crippen LogP contribution in [0.3, 0.4) is 0 Å². The van der Waals surface area contributed by atoms with E-state index in [2.05, 4.69) is 5.92 Å². The number of halogens is 1. The molecule has 0 spiro atoms. The number of hydrogen-bond donors (Lipinski definition) is 0. The fourth-order valence-corrected chi connectivity index (χ4v) is 1.45. The summed E-state index contributed by atoms with van der Waals surface area (Å²) in [6.07, 6.45) is 5.26. The summed E-state index contributed by atoms with van der Waals surface area (Å²) in [5.74, 6) is 3.90. The molecule has 0 fully saturated rings. The van der Waals surface area contributed by atoms with Gasteiger partial charge in [0.1, 0.15) is 11.5 Å². The van der Waals surface area contributed by atoms with Crippen molar-refractivity contribution >= 4 is 11.6 Å². The van der Waals surface area contributed by atoms with Crippen LogP contribution >= 0.6 is 11.6 Å². The third-order valence-corrected chi connectivity index (χ3v) is 2.40. The molecule has 0 aliphatic rings. The Kier molecular flexibility index (Phi) is 3.14. The van der Waals surface area contributed by atoms with Crippen molar-refractivity contribution in [3.8, 4) is 23.8 Å². The molecule has 0 unspecified atom stereocenters. The highest BCUT2D eigenvalue weighted by molar-refractivity contribution is 6.32. The molecule has 0 radical (unpaired) electrons. The Bertz CT molecular complexity index is 523. The Morgan fingerprint density at radius 3 is 2.31 bits per heavy atom. The zero-order chi connectivity index (χ0) is 11.4. The van der Waals surface area contributed by atoms with E-state index < -0.39 is 0 Å². The maximum atomic E-state index is 5.98. The van der Waals surface area contributed by atoms with Crippen LogP contribution in [-0.4, -0.2) is 0 Å². The predicted molar refractivity (Wildman–Crippen MR) is 65.9 cm³/mol. The van der Waals surface area contributed by atoms with Crippen LogP contribution in [0.2, 0.25) is 5.02 Å². The summed E-state index contributed by atoms with van der Waals surface area (Å²) in [6, 6.07) is 14.6. The van der Waals surface area contributed by atoms with Gasteiger partial charge in [0.15, 0.2) is 0 Å². The van der Waals surface area contributed by atoms with Gasteiger partial charge in [-0.1, -0.05) is 29.7 Å². The van der Waals surface area contributed by atoms with E-state index in [9.17, 15) is 0 Å². The van der Waals surface area contributed by atoms with E-state index in [1.165, 1.54) is 0 Å². The Labute approximate surface area is 99.6 Å². The zero-order valence-corrected chi connectivity index (χ0v) is 9.24. The van der Waals surface area contributed by atoms with Crippen LogP contribution < -0.4 is 4.74 Å². The standard InChI is InChI=1S/C14H9ClO/c1-2-11-7-9-12(10-8-11)16-14-6-4-3-5-13(14)15/h1,3-10H. The number of para-hydroxylation sites is 1. The highest BCUT2D eigenvalue weighted by Gasteiger charge is 2.01. The number of ether oxygens (including phenoxy) is 1. The molecule has 1 nitrogen and oxygen atoms in total. The van der Waals surface area contributed by atoms with Crippen molar-refractivity contribution in [2.24, 2.45) is 0 Å². The average molecular weight is 229 g/mol. The lowest BCUT2D eigenvalue weighted by atomic mass is 10.2. The first-order chi connectivity index (χ1) is 7.79. The van der Waals surface area contributed by atoms with Gasteiger partial charge in [0.2, 0.25) is 0 Å². The first-order valence-corrected chi connectivity index (χ1v) is 5.16. The molecule has 2 rings (SSSR count). The van der Waals surface area contributed by atoms with E-state index in [0.717, 1.165) is 5.56 Å². The fourth-order valence-electron chi connectivity index (χ4n) is 1.27. The monoisotopic (exact) mass is 228 g/mol. The number of hydrogen-bond acceptors (Lipinski definition) is 1. The molecule has 0 bridgehead atoms. The predicted octanol–water partition coefficient (Wildman–Crippen LogP) is 4.11. The largest absolute Gasteiger partial charge is 0.456 e. The van der Waals surface area contributed by atoms with Crippen molar-refractivity contribution < 1.29 is 4.74 Å². The quantitative estimate of drug-likeness (QED) is 0.703. The lowest BCUT2D eigenvalue weighted by Crippen LogP contribution is -1.84. The number of benzene rings is 2. The maximum absolute atomic E-state index is 5.98. The topological polar surface area (TPSA) is 9.23 Å². The van der Waals surface area contributed by atoms with Crippen LogP contribution in [-0.2, 0) is 0 Å². The minimum atomic E-state index is 0.587. The van der Waals surface area contributed by atoms with E-state index in [1.54, 1.807) is 6.07 Å². The van der Waals surface area contributed by atoms with Crippen LogP contribution in [0, 0.1) is 12.3 Å². The highest BCUT2D eigenvalue weighted by atomic mass is 35.5. The van der Waals surface area contributed by atoms with Crippen LogP contribution in [0.1, 0.15) is 5.56 Å². The molecule has 0 N–H and O–H groups in total. The second-order valence-electron chi connectivity index (χ2n) is 3.20. The molecular formula is C14H9ClO. The second-order valence-corrected chi connectivity index (χ2v) is 3.61. The highest BCUT2D eigenvalue weighted by Crippen LogP contribution is 2.28. The first kappa shape index (κ1) is 10.6. The molecule has 0 heterocycles. The molecular weight excluding hydrogens is 220 g/mol. The van der Waals surface area contributed by atoms with Crippen molar-refractivity contribution in [2.75, 3.05) is 0 Å². The van der Waals surface area contributed by atoms with Gasteiger partial charge in [-0.3, -0.25) is 0 Å². The Morgan fingerprint density at radius 2 is 1.69 bits per heavy atom. The van der Waals surface area contributed by atoms with Crippen molar-refractivity contribution in [3.05, 3.63) is 59.1 Å². The van der Waals surface area contributed by atoms with Gasteiger partial charge in [-0.2, -0.15) is 0 Å². The van der Waals surface area contributed by atoms with E-state index in [4.69, 9.17) is 22.8 Å². The van der Waals surface area contributed by atoms with E-state index >= 15 is 0 Å². The molecule has 0 saturated heterocycles. The van der Waals surface area contributed by atoms with Gasteiger partial charge in [-0.25, -0.2) is 0 Å². The van der Waals surface area contributed by atoms with Crippen LogP contribution in [0.4, 0.5) is 0 Å². The Balaban J connectivity index is 2.22. The summed E-state index contributed by atoms with van der Waals surface area (Å²) >= 11 is 5.98. The summed E-state index contributed by atoms with van der Waals surface area (Å²) < 4.78 is 5.61. The van der Waals surface area contributed by atoms with Gasteiger partial charge < -0.3 is 4.74 Å². The SMILES string of the molecule is C#Cc1ccc(Oc2ccccc2Cl)cc1. The molecule has 2 aromatic carbocycles. The molecule has 0 aromatic heterocycles. The van der Waals surface area contributed by atoms with Gasteiger partial charge in [-0.05, 0) is 36.4 Å². The summed E-state index contributed by atoms with van der Waals surface area (Å²) in [7, 11) is 0. The lowest BCUT2D eigenvalue weighted by Gasteiger charge is -2.06. The molecule has 0 aliphatic heterocycles. The average Bonchev–Trinajstić information content (AvgIpc) is 2.33. The Morgan fingerprint density at radius 1 is 1.00 bits per heavy atom. The van der Waals surface area contributed by atoms with E-state index in [0.29, 0.717) is 16.5 Å². The molecule has 0 amide bonds. The van der Waals surface area contributed by atoms with Gasteiger partial charge in [0.05, 0.1) is 5.02 Å². The van der Waals surface area contributed by atoms with E-state index in [1.807, 2.05) is 42.5 Å². The minimum Gasteiger partial charge on any atom is -0.456 e. The summed E-state index contributed by atoms with van der Waals surface area (Å²) in [5, 5.41) is 0.587. The van der Waals surface area contributed by atoms with Gasteiger partial charge >= 0.3 is 0 Å². The fraction of sp³-hybridized carbons (Fsp3) is 0. The molecule has 0 saturated carbocycles. The molecule has 16 heavy (non-hydrogen) atoms. The van der Waals surface area contributed by atoms with Crippen molar-refractivity contribution in [3.63, 3.8) is 0 Å². The van der Waals surface area contributed by atoms with Crippen LogP contribution in [0.15, 0.2) is 48.5 Å². The van der Waals surface area contributed by atoms with Crippen molar-refractivity contribution in [2.45, 2.75) is 0 Å². The molecule has 0 aliphatic carbocycles. The summed E-state index contributed by atoms with van der Waals surface area (Å²) in [4.78, 5) is 0. The van der Waals surface area contributed by atoms with Crippen LogP contribution in [0.25, 0.3) is 0 Å². The normalized spacial score (nSPS) is 9.50. The molecule has 2 aromatic rings. The van der Waals surface area contributed by atoms with Gasteiger partial charge in [-0.15, -0.1) is 6.42 Å². The number of terminal acetylenes is 1. The second kappa shape index (κ2) is 4.74. The molecule has 2 heteroatoms. The van der Waals surface area contributed by atoms with Crippen molar-refractivity contribution in [1.82, 2.24) is 0 Å². The molecule has 78 valence electrons. The Hall–Kier alpha value is -1.91. The third-order valence-electron chi connectivity index (χ3n) is 2.09. The van der Waals surface area contributed by atoms with Gasteiger partial charge in [0, 0.05) is 5.56 Å². The minimum absolute atomic E-state index is 0.587. The number of rotatable bonds is 2. The van der Waals surface area contributed by atoms with E-state index in [-0.39, 0.29) is 0 Å². The first-order valence-electron chi connectivity index (χ1n) is 4.78. The van der Waals surface area contributed by atoms with Crippen LogP contribution in [0.5, 0.6) is 11.5 Å². The zero-order valence-electron chi connectivity index (χ0n) is 8.48.